The monoisotopic (exact) mass is 373 g/mol. The zero-order chi connectivity index (χ0) is 17.3. The average Bonchev–Trinajstić information content (AvgIpc) is 3.04. The van der Waals surface area contributed by atoms with Gasteiger partial charge >= 0.3 is 0 Å². The number of nitrogens with two attached hydrogens (primary N) is 1. The standard InChI is InChI=1S/C15H23N3O4S2/c16-24(21,22)13-5-9-23-14(13)15(20)17-7-3-11(4-8-17)18-6-1-2-12(19)10-18/h5,9,11-12,19H,1-4,6-8,10H2,(H2,16,21,22)/t12-/m0/s1. The number of aliphatic hydroxyl groups excluding tert-OH is 1. The highest BCUT2D eigenvalue weighted by Crippen LogP contribution is 2.26. The highest BCUT2D eigenvalue weighted by Gasteiger charge is 2.31. The highest BCUT2D eigenvalue weighted by molar-refractivity contribution is 7.89. The number of sulfonamides is 1. The minimum absolute atomic E-state index is 0.0845. The van der Waals surface area contributed by atoms with E-state index in [9.17, 15) is 18.3 Å². The van der Waals surface area contributed by atoms with Crippen molar-refractivity contribution in [3.8, 4) is 0 Å². The Morgan fingerprint density at radius 3 is 2.58 bits per heavy atom. The third kappa shape index (κ3) is 3.80. The molecule has 1 amide bonds. The number of likely N-dealkylation sites (tertiary alicyclic amines) is 2. The number of piperidine rings is 2. The molecule has 0 bridgehead atoms. The molecule has 3 N–H and O–H groups in total. The maximum atomic E-state index is 12.6. The lowest BCUT2D eigenvalue weighted by Gasteiger charge is -2.41. The third-order valence-electron chi connectivity index (χ3n) is 4.83. The number of nitrogens with zero attached hydrogens (tertiary/aromatic N) is 2. The normalized spacial score (nSPS) is 24.2. The summed E-state index contributed by atoms with van der Waals surface area (Å²) in [6.45, 7) is 2.89. The van der Waals surface area contributed by atoms with E-state index < -0.39 is 10.0 Å². The predicted molar refractivity (Wildman–Crippen MR) is 91.4 cm³/mol. The molecule has 7 nitrogen and oxygen atoms in total. The molecule has 0 saturated carbocycles. The number of aliphatic hydroxyl groups is 1. The fraction of sp³-hybridized carbons (Fsp3) is 0.667. The summed E-state index contributed by atoms with van der Waals surface area (Å²) >= 11 is 1.11. The second-order valence-corrected chi connectivity index (χ2v) is 8.92. The van der Waals surface area contributed by atoms with Crippen LogP contribution in [-0.4, -0.2) is 67.6 Å². The zero-order valence-electron chi connectivity index (χ0n) is 13.4. The number of hydrogen-bond donors (Lipinski definition) is 2. The lowest BCUT2D eigenvalue weighted by atomic mass is 9.99. The summed E-state index contributed by atoms with van der Waals surface area (Å²) in [5.74, 6) is -0.258. The minimum atomic E-state index is -3.88. The largest absolute Gasteiger partial charge is 0.392 e. The lowest BCUT2D eigenvalue weighted by Crippen LogP contribution is -2.50. The quantitative estimate of drug-likeness (QED) is 0.801. The number of β-amino-alcohol motifs (C(OH)–C–C–N with tert-alkyl or cyclic N) is 1. The van der Waals surface area contributed by atoms with Gasteiger partial charge in [0.1, 0.15) is 9.77 Å². The van der Waals surface area contributed by atoms with E-state index in [1.54, 1.807) is 10.3 Å². The molecule has 1 aromatic heterocycles. The molecule has 1 aromatic rings. The van der Waals surface area contributed by atoms with Crippen LogP contribution in [0.25, 0.3) is 0 Å². The summed E-state index contributed by atoms with van der Waals surface area (Å²) in [5.41, 5.74) is 0. The van der Waals surface area contributed by atoms with Crippen LogP contribution < -0.4 is 5.14 Å². The van der Waals surface area contributed by atoms with Crippen LogP contribution in [0.15, 0.2) is 16.3 Å². The van der Waals surface area contributed by atoms with Crippen molar-refractivity contribution in [3.63, 3.8) is 0 Å². The number of carbonyl (C=O) groups is 1. The lowest BCUT2D eigenvalue weighted by molar-refractivity contribution is 0.0241. The van der Waals surface area contributed by atoms with E-state index in [1.807, 2.05) is 0 Å². The third-order valence-corrected chi connectivity index (χ3v) is 6.81. The maximum Gasteiger partial charge on any atom is 0.265 e. The molecule has 2 aliphatic heterocycles. The molecule has 0 radical (unpaired) electrons. The first-order valence-corrected chi connectivity index (χ1v) is 10.6. The van der Waals surface area contributed by atoms with Gasteiger partial charge in [0.2, 0.25) is 10.0 Å². The molecule has 2 aliphatic rings. The van der Waals surface area contributed by atoms with Crippen LogP contribution in [0.2, 0.25) is 0 Å². The van der Waals surface area contributed by atoms with Gasteiger partial charge in [-0.15, -0.1) is 11.3 Å². The van der Waals surface area contributed by atoms with Gasteiger partial charge in [-0.3, -0.25) is 9.69 Å². The predicted octanol–water partition coefficient (Wildman–Crippen LogP) is 0.457. The Hall–Kier alpha value is -1.00. The van der Waals surface area contributed by atoms with Gasteiger partial charge in [0.15, 0.2) is 0 Å². The molecule has 24 heavy (non-hydrogen) atoms. The smallest absolute Gasteiger partial charge is 0.265 e. The van der Waals surface area contributed by atoms with Crippen LogP contribution in [0.4, 0.5) is 0 Å². The summed E-state index contributed by atoms with van der Waals surface area (Å²) < 4.78 is 23.1. The van der Waals surface area contributed by atoms with E-state index in [1.165, 1.54) is 6.07 Å². The number of carbonyl (C=O) groups excluding carboxylic acids is 1. The van der Waals surface area contributed by atoms with E-state index in [0.29, 0.717) is 25.7 Å². The molecule has 0 aliphatic carbocycles. The fourth-order valence-corrected chi connectivity index (χ4v) is 5.51. The van der Waals surface area contributed by atoms with Crippen LogP contribution in [0.3, 0.4) is 0 Å². The van der Waals surface area contributed by atoms with Crippen LogP contribution in [0.1, 0.15) is 35.4 Å². The van der Waals surface area contributed by atoms with Gasteiger partial charge in [-0.1, -0.05) is 0 Å². The van der Waals surface area contributed by atoms with Crippen LogP contribution in [0.5, 0.6) is 0 Å². The Bertz CT molecular complexity index is 695. The van der Waals surface area contributed by atoms with Crippen molar-refractivity contribution in [1.82, 2.24) is 9.80 Å². The molecule has 2 saturated heterocycles. The first kappa shape index (κ1) is 17.8. The number of thiophene rings is 1. The van der Waals surface area contributed by atoms with Crippen LogP contribution in [-0.2, 0) is 10.0 Å². The van der Waals surface area contributed by atoms with E-state index >= 15 is 0 Å². The maximum absolute atomic E-state index is 12.6. The molecule has 2 fully saturated rings. The van der Waals surface area contributed by atoms with Gasteiger partial charge in [-0.05, 0) is 43.7 Å². The summed E-state index contributed by atoms with van der Waals surface area (Å²) in [6, 6.07) is 1.76. The van der Waals surface area contributed by atoms with Crippen molar-refractivity contribution < 1.29 is 18.3 Å². The molecular formula is C15H23N3O4S2. The van der Waals surface area contributed by atoms with E-state index in [0.717, 1.165) is 43.6 Å². The summed E-state index contributed by atoms with van der Waals surface area (Å²) in [5, 5.41) is 16.6. The SMILES string of the molecule is NS(=O)(=O)c1ccsc1C(=O)N1CCC(N2CCC[C@H](O)C2)CC1. The van der Waals surface area contributed by atoms with Crippen molar-refractivity contribution >= 4 is 27.3 Å². The van der Waals surface area contributed by atoms with Crippen molar-refractivity contribution in [2.45, 2.75) is 42.7 Å². The molecule has 1 atom stereocenters. The van der Waals surface area contributed by atoms with Crippen LogP contribution >= 0.6 is 11.3 Å². The number of primary sulfonamides is 1. The number of hydrogen-bond acceptors (Lipinski definition) is 6. The Balaban J connectivity index is 1.63. The molecule has 9 heteroatoms. The molecule has 0 aromatic carbocycles. The molecular weight excluding hydrogens is 350 g/mol. The van der Waals surface area contributed by atoms with Crippen molar-refractivity contribution in [2.75, 3.05) is 26.2 Å². The van der Waals surface area contributed by atoms with E-state index in [2.05, 4.69) is 4.90 Å². The Kier molecular flexibility index (Phi) is 5.26. The molecule has 3 rings (SSSR count). The van der Waals surface area contributed by atoms with Crippen molar-refractivity contribution in [3.05, 3.63) is 16.3 Å². The van der Waals surface area contributed by atoms with E-state index in [-0.39, 0.29) is 21.8 Å². The van der Waals surface area contributed by atoms with Gasteiger partial charge in [0.05, 0.1) is 6.10 Å². The van der Waals surface area contributed by atoms with Crippen molar-refractivity contribution in [1.29, 1.82) is 0 Å². The van der Waals surface area contributed by atoms with Gasteiger partial charge in [-0.25, -0.2) is 13.6 Å². The Morgan fingerprint density at radius 2 is 1.96 bits per heavy atom. The van der Waals surface area contributed by atoms with Crippen molar-refractivity contribution in [2.24, 2.45) is 5.14 Å². The first-order chi connectivity index (χ1) is 11.4. The van der Waals surface area contributed by atoms with Gasteiger partial charge in [0.25, 0.3) is 5.91 Å². The molecule has 0 spiro atoms. The topological polar surface area (TPSA) is 104 Å². The minimum Gasteiger partial charge on any atom is -0.392 e. The fourth-order valence-electron chi connectivity index (χ4n) is 3.57. The average molecular weight is 374 g/mol. The van der Waals surface area contributed by atoms with Gasteiger partial charge in [0, 0.05) is 25.7 Å². The molecule has 3 heterocycles. The molecule has 134 valence electrons. The van der Waals surface area contributed by atoms with Gasteiger partial charge < -0.3 is 10.0 Å². The second kappa shape index (κ2) is 7.09. The summed E-state index contributed by atoms with van der Waals surface area (Å²) in [7, 11) is -3.88. The second-order valence-electron chi connectivity index (χ2n) is 6.47. The van der Waals surface area contributed by atoms with Crippen LogP contribution in [0, 0.1) is 0 Å². The zero-order valence-corrected chi connectivity index (χ0v) is 15.1. The first-order valence-electron chi connectivity index (χ1n) is 8.18. The summed E-state index contributed by atoms with van der Waals surface area (Å²) in [4.78, 5) is 16.8. The Labute approximate surface area is 146 Å². The molecule has 0 unspecified atom stereocenters. The Morgan fingerprint density at radius 1 is 1.25 bits per heavy atom. The summed E-state index contributed by atoms with van der Waals surface area (Å²) in [6.07, 6.45) is 3.31. The van der Waals surface area contributed by atoms with E-state index in [4.69, 9.17) is 5.14 Å². The number of amides is 1. The highest BCUT2D eigenvalue weighted by atomic mass is 32.2. The van der Waals surface area contributed by atoms with Gasteiger partial charge in [-0.2, -0.15) is 0 Å². The number of rotatable bonds is 3.